The molecule has 0 aliphatic heterocycles. The summed E-state index contributed by atoms with van der Waals surface area (Å²) in [5.74, 6) is 1.42. The minimum Gasteiger partial charge on any atom is -0.483 e. The fourth-order valence-electron chi connectivity index (χ4n) is 1.98. The van der Waals surface area contributed by atoms with Crippen molar-refractivity contribution >= 4 is 27.3 Å². The molecule has 0 spiro atoms. The summed E-state index contributed by atoms with van der Waals surface area (Å²) in [5.41, 5.74) is 8.30. The van der Waals surface area contributed by atoms with Crippen LogP contribution in [0, 0.1) is 6.92 Å². The van der Waals surface area contributed by atoms with Crippen molar-refractivity contribution in [2.75, 3.05) is 6.54 Å². The lowest BCUT2D eigenvalue weighted by Gasteiger charge is -2.19. The maximum Gasteiger partial charge on any atom is 0.145 e. The van der Waals surface area contributed by atoms with E-state index in [0.29, 0.717) is 12.5 Å². The van der Waals surface area contributed by atoms with Crippen molar-refractivity contribution in [3.8, 4) is 5.75 Å². The van der Waals surface area contributed by atoms with Crippen molar-refractivity contribution in [1.29, 1.82) is 0 Å². The molecule has 1 aromatic heterocycles. The molecule has 0 bridgehead atoms. The van der Waals surface area contributed by atoms with E-state index in [1.165, 1.54) is 5.56 Å². The first-order valence-electron chi connectivity index (χ1n) is 6.72. The first-order chi connectivity index (χ1) is 9.51. The zero-order valence-corrected chi connectivity index (χ0v) is 14.4. The summed E-state index contributed by atoms with van der Waals surface area (Å²) in [6.07, 6.45) is -0.0904. The molecule has 108 valence electrons. The summed E-state index contributed by atoms with van der Waals surface area (Å²) in [4.78, 5) is 1.15. The fourth-order valence-corrected chi connectivity index (χ4v) is 3.46. The third kappa shape index (κ3) is 3.62. The molecule has 4 heteroatoms. The second-order valence-electron chi connectivity index (χ2n) is 5.19. The average Bonchev–Trinajstić information content (AvgIpc) is 2.84. The van der Waals surface area contributed by atoms with Gasteiger partial charge in [0, 0.05) is 21.3 Å². The molecule has 2 N–H and O–H groups in total. The van der Waals surface area contributed by atoms with Gasteiger partial charge in [-0.3, -0.25) is 0 Å². The van der Waals surface area contributed by atoms with Crippen molar-refractivity contribution in [1.82, 2.24) is 0 Å². The van der Waals surface area contributed by atoms with Gasteiger partial charge in [-0.15, -0.1) is 11.3 Å². The predicted octanol–water partition coefficient (Wildman–Crippen LogP) is 5.02. The smallest absolute Gasteiger partial charge is 0.145 e. The molecule has 0 saturated heterocycles. The Bertz CT molecular complexity index is 580. The van der Waals surface area contributed by atoms with Crippen molar-refractivity contribution in [3.05, 3.63) is 50.1 Å². The molecular formula is C16H20BrNOS. The quantitative estimate of drug-likeness (QED) is 0.818. The summed E-state index contributed by atoms with van der Waals surface area (Å²) < 4.78 is 7.23. The van der Waals surface area contributed by atoms with Crippen LogP contribution >= 0.6 is 27.3 Å². The lowest BCUT2D eigenvalue weighted by Crippen LogP contribution is -2.17. The van der Waals surface area contributed by atoms with Gasteiger partial charge in [-0.05, 0) is 52.0 Å². The van der Waals surface area contributed by atoms with Crippen LogP contribution in [0.25, 0.3) is 0 Å². The number of hydrogen-bond donors (Lipinski definition) is 1. The third-order valence-electron chi connectivity index (χ3n) is 3.27. The van der Waals surface area contributed by atoms with E-state index in [9.17, 15) is 0 Å². The number of benzene rings is 1. The Hall–Kier alpha value is -0.840. The Kier molecular flexibility index (Phi) is 5.24. The van der Waals surface area contributed by atoms with Gasteiger partial charge in [-0.25, -0.2) is 0 Å². The van der Waals surface area contributed by atoms with E-state index >= 15 is 0 Å². The highest BCUT2D eigenvalue weighted by Gasteiger charge is 2.15. The van der Waals surface area contributed by atoms with Gasteiger partial charge in [0.2, 0.25) is 0 Å². The van der Waals surface area contributed by atoms with E-state index in [-0.39, 0.29) is 6.10 Å². The number of ether oxygens (including phenoxy) is 1. The minimum absolute atomic E-state index is 0.0904. The number of thiophene rings is 1. The average molecular weight is 354 g/mol. The molecule has 0 saturated carbocycles. The van der Waals surface area contributed by atoms with E-state index in [4.69, 9.17) is 10.5 Å². The zero-order chi connectivity index (χ0) is 14.7. The number of aryl methyl sites for hydroxylation is 1. The molecule has 0 aliphatic rings. The molecule has 1 unspecified atom stereocenters. The van der Waals surface area contributed by atoms with Crippen LogP contribution in [0.1, 0.15) is 41.9 Å². The normalized spacial score (nSPS) is 12.7. The van der Waals surface area contributed by atoms with Gasteiger partial charge in [0.1, 0.15) is 11.9 Å². The largest absolute Gasteiger partial charge is 0.483 e. The van der Waals surface area contributed by atoms with Gasteiger partial charge >= 0.3 is 0 Å². The molecule has 2 rings (SSSR count). The molecule has 2 aromatic rings. The highest BCUT2D eigenvalue weighted by Crippen LogP contribution is 2.31. The van der Waals surface area contributed by atoms with Crippen molar-refractivity contribution in [3.63, 3.8) is 0 Å². The third-order valence-corrected chi connectivity index (χ3v) is 5.05. The first kappa shape index (κ1) is 15.5. The Morgan fingerprint density at radius 3 is 2.60 bits per heavy atom. The SMILES string of the molecule is Cc1ccc(C(C)C)cc1OC(CN)c1cc(Br)cs1. The molecular weight excluding hydrogens is 334 g/mol. The van der Waals surface area contributed by atoms with Crippen molar-refractivity contribution in [2.24, 2.45) is 5.73 Å². The number of hydrogen-bond acceptors (Lipinski definition) is 3. The van der Waals surface area contributed by atoms with Gasteiger partial charge in [0.15, 0.2) is 0 Å². The molecule has 1 heterocycles. The van der Waals surface area contributed by atoms with Crippen molar-refractivity contribution < 1.29 is 4.74 Å². The summed E-state index contributed by atoms with van der Waals surface area (Å²) >= 11 is 5.14. The highest BCUT2D eigenvalue weighted by atomic mass is 79.9. The van der Waals surface area contributed by atoms with Crippen LogP contribution in [-0.2, 0) is 0 Å². The van der Waals surface area contributed by atoms with Crippen LogP contribution < -0.4 is 10.5 Å². The topological polar surface area (TPSA) is 35.2 Å². The van der Waals surface area contributed by atoms with E-state index in [0.717, 1.165) is 20.7 Å². The Labute approximate surface area is 133 Å². The van der Waals surface area contributed by atoms with E-state index < -0.39 is 0 Å². The molecule has 0 aliphatic carbocycles. The van der Waals surface area contributed by atoms with Crippen LogP contribution in [0.2, 0.25) is 0 Å². The van der Waals surface area contributed by atoms with Crippen LogP contribution in [0.15, 0.2) is 34.1 Å². The zero-order valence-electron chi connectivity index (χ0n) is 12.0. The molecule has 0 amide bonds. The summed E-state index contributed by atoms with van der Waals surface area (Å²) in [6.45, 7) is 6.91. The second-order valence-corrected chi connectivity index (χ2v) is 7.05. The first-order valence-corrected chi connectivity index (χ1v) is 8.39. The molecule has 2 nitrogen and oxygen atoms in total. The molecule has 1 atom stereocenters. The summed E-state index contributed by atoms with van der Waals surface area (Å²) in [5, 5.41) is 2.05. The standard InChI is InChI=1S/C16H20BrNOS/c1-10(2)12-5-4-11(3)14(6-12)19-15(8-18)16-7-13(17)9-20-16/h4-7,9-10,15H,8,18H2,1-3H3. The lowest BCUT2D eigenvalue weighted by atomic mass is 10.0. The second kappa shape index (κ2) is 6.74. The van der Waals surface area contributed by atoms with Gasteiger partial charge in [0.05, 0.1) is 0 Å². The lowest BCUT2D eigenvalue weighted by molar-refractivity contribution is 0.216. The highest BCUT2D eigenvalue weighted by molar-refractivity contribution is 9.10. The van der Waals surface area contributed by atoms with Crippen LogP contribution in [0.3, 0.4) is 0 Å². The van der Waals surface area contributed by atoms with Gasteiger partial charge < -0.3 is 10.5 Å². The van der Waals surface area contributed by atoms with Crippen molar-refractivity contribution in [2.45, 2.75) is 32.8 Å². The van der Waals surface area contributed by atoms with E-state index in [1.54, 1.807) is 11.3 Å². The summed E-state index contributed by atoms with van der Waals surface area (Å²) in [6, 6.07) is 8.48. The monoisotopic (exact) mass is 353 g/mol. The Morgan fingerprint density at radius 1 is 1.30 bits per heavy atom. The number of nitrogens with two attached hydrogens (primary N) is 1. The maximum absolute atomic E-state index is 6.15. The van der Waals surface area contributed by atoms with Gasteiger partial charge in [-0.2, -0.15) is 0 Å². The fraction of sp³-hybridized carbons (Fsp3) is 0.375. The van der Waals surface area contributed by atoms with Crippen LogP contribution in [-0.4, -0.2) is 6.54 Å². The maximum atomic E-state index is 6.15. The molecule has 0 fully saturated rings. The van der Waals surface area contributed by atoms with E-state index in [2.05, 4.69) is 66.3 Å². The molecule has 1 aromatic carbocycles. The molecule has 0 radical (unpaired) electrons. The van der Waals surface area contributed by atoms with Gasteiger partial charge in [-0.1, -0.05) is 26.0 Å². The Morgan fingerprint density at radius 2 is 2.05 bits per heavy atom. The summed E-state index contributed by atoms with van der Waals surface area (Å²) in [7, 11) is 0. The number of rotatable bonds is 5. The van der Waals surface area contributed by atoms with Gasteiger partial charge in [0.25, 0.3) is 0 Å². The predicted molar refractivity (Wildman–Crippen MR) is 89.7 cm³/mol. The van der Waals surface area contributed by atoms with Crippen LogP contribution in [0.4, 0.5) is 0 Å². The van der Waals surface area contributed by atoms with Crippen LogP contribution in [0.5, 0.6) is 5.75 Å². The number of halogens is 1. The van der Waals surface area contributed by atoms with E-state index in [1.807, 2.05) is 0 Å². The Balaban J connectivity index is 2.25. The minimum atomic E-state index is -0.0904. The molecule has 20 heavy (non-hydrogen) atoms.